The number of fused-ring (bicyclic) bond motifs is 3. The Morgan fingerprint density at radius 1 is 1.09 bits per heavy atom. The van der Waals surface area contributed by atoms with Gasteiger partial charge in [-0.05, 0) is 12.0 Å². The molecule has 0 spiro atoms. The van der Waals surface area contributed by atoms with Crippen molar-refractivity contribution in [3.8, 4) is 11.3 Å². The molecule has 4 heterocycles. The second-order valence-corrected chi connectivity index (χ2v) is 8.17. The maximum Gasteiger partial charge on any atom is 0.420 e. The molecule has 2 fully saturated rings. The van der Waals surface area contributed by atoms with Gasteiger partial charge in [-0.25, -0.2) is 0 Å². The van der Waals surface area contributed by atoms with Crippen LogP contribution in [0.1, 0.15) is 27.4 Å². The normalized spacial score (nSPS) is 23.1. The number of furan rings is 1. The summed E-state index contributed by atoms with van der Waals surface area (Å²) in [6.45, 7) is 2.84. The summed E-state index contributed by atoms with van der Waals surface area (Å²) < 4.78 is 71.2. The van der Waals surface area contributed by atoms with E-state index in [1.165, 1.54) is 0 Å². The standard InChI is InChI=1S/C21H24F3N3O6/c22-21(23,24)17-16-15(33-19(17)20(28)25-7-13-10-29-3-5-31-13)2-1-12-8-27(26-18(12)16)9-14-11-30-4-6-32-14/h8,13-14H,1-7,9-11H2,(H,25,28)/t13-,14?/m1/s1. The zero-order valence-corrected chi connectivity index (χ0v) is 17.8. The van der Waals surface area contributed by atoms with Crippen molar-refractivity contribution in [2.24, 2.45) is 0 Å². The average molecular weight is 471 g/mol. The van der Waals surface area contributed by atoms with Gasteiger partial charge < -0.3 is 28.7 Å². The molecule has 33 heavy (non-hydrogen) atoms. The van der Waals surface area contributed by atoms with E-state index in [1.807, 2.05) is 0 Å². The van der Waals surface area contributed by atoms with Crippen LogP contribution in [0.15, 0.2) is 10.6 Å². The number of nitrogens with one attached hydrogen (secondary N) is 1. The van der Waals surface area contributed by atoms with E-state index in [0.717, 1.165) is 0 Å². The van der Waals surface area contributed by atoms with Gasteiger partial charge >= 0.3 is 6.18 Å². The molecule has 0 bridgehead atoms. The molecule has 2 saturated heterocycles. The SMILES string of the molecule is O=C(NC[C@@H]1COCCO1)c1oc2c(c1C(F)(F)F)-c1nn(CC3COCCO3)cc1CC2. The molecule has 9 nitrogen and oxygen atoms in total. The van der Waals surface area contributed by atoms with Crippen molar-refractivity contribution in [1.29, 1.82) is 0 Å². The molecule has 1 unspecified atom stereocenters. The summed E-state index contributed by atoms with van der Waals surface area (Å²) in [6.07, 6.45) is -3.01. The number of halogens is 3. The van der Waals surface area contributed by atoms with Gasteiger partial charge in [0.15, 0.2) is 0 Å². The van der Waals surface area contributed by atoms with Crippen molar-refractivity contribution in [3.05, 3.63) is 28.8 Å². The van der Waals surface area contributed by atoms with Crippen LogP contribution in [0.4, 0.5) is 13.2 Å². The summed E-state index contributed by atoms with van der Waals surface area (Å²) in [5, 5.41) is 6.89. The number of aryl methyl sites for hydroxylation is 2. The quantitative estimate of drug-likeness (QED) is 0.711. The van der Waals surface area contributed by atoms with Crippen molar-refractivity contribution >= 4 is 5.91 Å². The molecular formula is C21H24F3N3O6. The van der Waals surface area contributed by atoms with E-state index >= 15 is 0 Å². The van der Waals surface area contributed by atoms with Crippen LogP contribution in [-0.2, 0) is 44.5 Å². The van der Waals surface area contributed by atoms with Gasteiger partial charge in [-0.2, -0.15) is 18.3 Å². The molecule has 5 rings (SSSR count). The molecule has 0 radical (unpaired) electrons. The number of nitrogens with zero attached hydrogens (tertiary/aromatic N) is 2. The molecule has 1 N–H and O–H groups in total. The number of ether oxygens (including phenoxy) is 4. The van der Waals surface area contributed by atoms with Crippen LogP contribution >= 0.6 is 0 Å². The molecule has 1 amide bonds. The van der Waals surface area contributed by atoms with Gasteiger partial charge in [-0.1, -0.05) is 0 Å². The van der Waals surface area contributed by atoms with Crippen LogP contribution in [0, 0.1) is 0 Å². The first kappa shape index (κ1) is 22.4. The molecule has 1 aliphatic carbocycles. The minimum Gasteiger partial charge on any atom is -0.455 e. The summed E-state index contributed by atoms with van der Waals surface area (Å²) in [4.78, 5) is 12.7. The van der Waals surface area contributed by atoms with Gasteiger partial charge in [0.05, 0.1) is 63.5 Å². The molecule has 2 aromatic heterocycles. The molecule has 2 aliphatic heterocycles. The van der Waals surface area contributed by atoms with Gasteiger partial charge in [0.1, 0.15) is 17.4 Å². The van der Waals surface area contributed by atoms with Gasteiger partial charge in [0.2, 0.25) is 5.76 Å². The Balaban J connectivity index is 1.42. The Morgan fingerprint density at radius 3 is 2.48 bits per heavy atom. The maximum atomic E-state index is 14.1. The van der Waals surface area contributed by atoms with Crippen molar-refractivity contribution in [2.75, 3.05) is 46.2 Å². The Labute approximate surface area is 187 Å². The highest BCUT2D eigenvalue weighted by atomic mass is 19.4. The number of carbonyl (C=O) groups is 1. The Bertz CT molecular complexity index is 1010. The third-order valence-electron chi connectivity index (χ3n) is 5.82. The van der Waals surface area contributed by atoms with Crippen molar-refractivity contribution in [1.82, 2.24) is 15.1 Å². The Morgan fingerprint density at radius 2 is 1.82 bits per heavy atom. The lowest BCUT2D eigenvalue weighted by Crippen LogP contribution is -2.40. The van der Waals surface area contributed by atoms with E-state index in [9.17, 15) is 18.0 Å². The lowest BCUT2D eigenvalue weighted by atomic mass is 9.93. The largest absolute Gasteiger partial charge is 0.455 e. The summed E-state index contributed by atoms with van der Waals surface area (Å²) in [5.74, 6) is -1.59. The number of rotatable bonds is 5. The fourth-order valence-electron chi connectivity index (χ4n) is 4.32. The van der Waals surface area contributed by atoms with Gasteiger partial charge in [-0.3, -0.25) is 9.48 Å². The molecule has 0 saturated carbocycles. The van der Waals surface area contributed by atoms with Crippen molar-refractivity contribution in [2.45, 2.75) is 37.8 Å². The molecule has 3 aliphatic rings. The Hall–Kier alpha value is -2.41. The molecular weight excluding hydrogens is 447 g/mol. The third-order valence-corrected chi connectivity index (χ3v) is 5.82. The number of carbonyl (C=O) groups excluding carboxylic acids is 1. The maximum absolute atomic E-state index is 14.1. The zero-order chi connectivity index (χ0) is 23.0. The highest BCUT2D eigenvalue weighted by Crippen LogP contribution is 2.46. The van der Waals surface area contributed by atoms with Crippen molar-refractivity contribution in [3.63, 3.8) is 0 Å². The molecule has 2 aromatic rings. The second kappa shape index (κ2) is 9.09. The molecule has 180 valence electrons. The van der Waals surface area contributed by atoms with Gasteiger partial charge in [0, 0.05) is 19.2 Å². The summed E-state index contributed by atoms with van der Waals surface area (Å²) in [6, 6.07) is 0. The lowest BCUT2D eigenvalue weighted by molar-refractivity contribution is -0.137. The van der Waals surface area contributed by atoms with Crippen LogP contribution in [0.3, 0.4) is 0 Å². The second-order valence-electron chi connectivity index (χ2n) is 8.17. The van der Waals surface area contributed by atoms with Crippen LogP contribution < -0.4 is 5.32 Å². The number of amides is 1. The highest BCUT2D eigenvalue weighted by molar-refractivity contribution is 5.96. The van der Waals surface area contributed by atoms with E-state index in [-0.39, 0.29) is 42.7 Å². The predicted octanol–water partition coefficient (Wildman–Crippen LogP) is 1.82. The topological polar surface area (TPSA) is 97.0 Å². The first-order valence-electron chi connectivity index (χ1n) is 10.9. The zero-order valence-electron chi connectivity index (χ0n) is 17.8. The first-order chi connectivity index (χ1) is 15.9. The number of alkyl halides is 3. The van der Waals surface area contributed by atoms with Gasteiger partial charge in [0.25, 0.3) is 5.91 Å². The number of hydrogen-bond acceptors (Lipinski definition) is 7. The number of hydrogen-bond donors (Lipinski definition) is 1. The summed E-state index contributed by atoms with van der Waals surface area (Å²) in [7, 11) is 0. The highest BCUT2D eigenvalue weighted by Gasteiger charge is 2.45. The average Bonchev–Trinajstić information content (AvgIpc) is 3.39. The monoisotopic (exact) mass is 471 g/mol. The van der Waals surface area contributed by atoms with Crippen molar-refractivity contribution < 1.29 is 41.3 Å². The van der Waals surface area contributed by atoms with E-state index < -0.39 is 29.5 Å². The molecule has 2 atom stereocenters. The fraction of sp³-hybridized carbons (Fsp3) is 0.619. The fourth-order valence-corrected chi connectivity index (χ4v) is 4.32. The first-order valence-corrected chi connectivity index (χ1v) is 10.9. The van der Waals surface area contributed by atoms with Crippen LogP contribution in [-0.4, -0.2) is 74.1 Å². The lowest BCUT2D eigenvalue weighted by Gasteiger charge is -2.23. The Kier molecular flexibility index (Phi) is 6.16. The van der Waals surface area contributed by atoms with E-state index in [4.69, 9.17) is 23.4 Å². The minimum atomic E-state index is -4.80. The molecule has 0 aromatic carbocycles. The third kappa shape index (κ3) is 4.65. The summed E-state index contributed by atoms with van der Waals surface area (Å²) in [5.41, 5.74) is -0.401. The minimum absolute atomic E-state index is 0.0187. The smallest absolute Gasteiger partial charge is 0.420 e. The van der Waals surface area contributed by atoms with Gasteiger partial charge in [-0.15, -0.1) is 0 Å². The predicted molar refractivity (Wildman–Crippen MR) is 106 cm³/mol. The van der Waals surface area contributed by atoms with Crippen LogP contribution in [0.25, 0.3) is 11.3 Å². The van der Waals surface area contributed by atoms with E-state index in [1.54, 1.807) is 10.9 Å². The van der Waals surface area contributed by atoms with E-state index in [0.29, 0.717) is 51.6 Å². The van der Waals surface area contributed by atoms with E-state index in [2.05, 4.69) is 10.4 Å². The van der Waals surface area contributed by atoms with Crippen LogP contribution in [0.2, 0.25) is 0 Å². The molecule has 12 heteroatoms. The number of aromatic nitrogens is 2. The summed E-state index contributed by atoms with van der Waals surface area (Å²) >= 11 is 0. The van der Waals surface area contributed by atoms with Crippen LogP contribution in [0.5, 0.6) is 0 Å².